The molecule has 0 bridgehead atoms. The third-order valence-corrected chi connectivity index (χ3v) is 5.98. The zero-order chi connectivity index (χ0) is 14.2. The fraction of sp³-hybridized carbons (Fsp3) is 0.625. The average Bonchev–Trinajstić information content (AvgIpc) is 2.96. The maximum Gasteiger partial charge on any atom is 0.0587 e. The summed E-state index contributed by atoms with van der Waals surface area (Å²) in [7, 11) is 1.73. The van der Waals surface area contributed by atoms with E-state index in [1.54, 1.807) is 7.11 Å². The number of benzene rings is 1. The second-order valence-corrected chi connectivity index (χ2v) is 7.31. The van der Waals surface area contributed by atoms with Gasteiger partial charge in [-0.05, 0) is 52.4 Å². The highest BCUT2D eigenvalue weighted by Crippen LogP contribution is 2.34. The van der Waals surface area contributed by atoms with Crippen molar-refractivity contribution in [2.45, 2.75) is 37.1 Å². The number of halogens is 1. The Labute approximate surface area is 135 Å². The summed E-state index contributed by atoms with van der Waals surface area (Å²) < 4.78 is 6.26. The van der Waals surface area contributed by atoms with Gasteiger partial charge in [0.15, 0.2) is 0 Å². The van der Waals surface area contributed by atoms with Crippen molar-refractivity contribution >= 4 is 27.7 Å². The fourth-order valence-electron chi connectivity index (χ4n) is 2.56. The van der Waals surface area contributed by atoms with Crippen LogP contribution < -0.4 is 5.32 Å². The van der Waals surface area contributed by atoms with E-state index in [-0.39, 0.29) is 0 Å². The number of hydrogen-bond acceptors (Lipinski definition) is 3. The molecule has 1 aliphatic carbocycles. The van der Waals surface area contributed by atoms with Crippen LogP contribution >= 0.6 is 27.7 Å². The predicted octanol–water partition coefficient (Wildman–Crippen LogP) is 4.47. The molecule has 0 unspecified atom stereocenters. The maximum absolute atomic E-state index is 5.03. The number of ether oxygens (including phenoxy) is 1. The second kappa shape index (κ2) is 9.08. The molecule has 112 valence electrons. The van der Waals surface area contributed by atoms with Gasteiger partial charge in [0.05, 0.1) is 6.61 Å². The maximum atomic E-state index is 5.03. The van der Waals surface area contributed by atoms with E-state index in [1.807, 2.05) is 11.8 Å². The molecule has 0 heterocycles. The Balaban J connectivity index is 1.78. The van der Waals surface area contributed by atoms with Crippen LogP contribution in [0.3, 0.4) is 0 Å². The van der Waals surface area contributed by atoms with Gasteiger partial charge in [0.2, 0.25) is 0 Å². The highest BCUT2D eigenvalue weighted by molar-refractivity contribution is 9.10. The van der Waals surface area contributed by atoms with Gasteiger partial charge >= 0.3 is 0 Å². The van der Waals surface area contributed by atoms with Gasteiger partial charge in [-0.25, -0.2) is 0 Å². The van der Waals surface area contributed by atoms with Crippen molar-refractivity contribution in [3.05, 3.63) is 28.2 Å². The number of rotatable bonds is 8. The summed E-state index contributed by atoms with van der Waals surface area (Å²) >= 11 is 5.70. The molecule has 0 aromatic heterocycles. The quantitative estimate of drug-likeness (QED) is 0.547. The third kappa shape index (κ3) is 5.40. The van der Waals surface area contributed by atoms with Crippen LogP contribution in [0.4, 0.5) is 0 Å². The van der Waals surface area contributed by atoms with Crippen LogP contribution in [0.15, 0.2) is 27.6 Å². The summed E-state index contributed by atoms with van der Waals surface area (Å²) in [5.41, 5.74) is 1.32. The van der Waals surface area contributed by atoms with Crippen molar-refractivity contribution in [2.24, 2.45) is 5.92 Å². The lowest BCUT2D eigenvalue weighted by atomic mass is 10.1. The summed E-state index contributed by atoms with van der Waals surface area (Å²) in [6.07, 6.45) is 5.70. The minimum absolute atomic E-state index is 0.760. The van der Waals surface area contributed by atoms with Gasteiger partial charge in [-0.3, -0.25) is 0 Å². The zero-order valence-corrected chi connectivity index (χ0v) is 14.6. The first-order valence-electron chi connectivity index (χ1n) is 7.40. The Bertz CT molecular complexity index is 407. The number of nitrogens with one attached hydrogen (secondary N) is 1. The first kappa shape index (κ1) is 16.3. The second-order valence-electron chi connectivity index (χ2n) is 5.40. The molecular formula is C16H24BrNOS. The lowest BCUT2D eigenvalue weighted by Crippen LogP contribution is -2.18. The highest BCUT2D eigenvalue weighted by Gasteiger charge is 2.15. The van der Waals surface area contributed by atoms with Crippen LogP contribution in [-0.2, 0) is 11.3 Å². The monoisotopic (exact) mass is 357 g/mol. The summed E-state index contributed by atoms with van der Waals surface area (Å²) in [6, 6.07) is 6.70. The van der Waals surface area contributed by atoms with Crippen molar-refractivity contribution in [2.75, 3.05) is 26.0 Å². The molecule has 0 aliphatic heterocycles. The Morgan fingerprint density at radius 1 is 1.35 bits per heavy atom. The standard InChI is InChI=1S/C16H24BrNOS/c1-19-9-8-18-11-14-6-7-16(15(17)10-14)20-12-13-4-2-3-5-13/h6-7,10,13,18H,2-5,8-9,11-12H2,1H3. The average molecular weight is 358 g/mol. The van der Waals surface area contributed by atoms with E-state index in [0.29, 0.717) is 0 Å². The van der Waals surface area contributed by atoms with E-state index in [4.69, 9.17) is 4.74 Å². The summed E-state index contributed by atoms with van der Waals surface area (Å²) in [4.78, 5) is 1.37. The molecule has 0 radical (unpaired) electrons. The van der Waals surface area contributed by atoms with Crippen LogP contribution in [0.25, 0.3) is 0 Å². The molecule has 0 spiro atoms. The molecular weight excluding hydrogens is 334 g/mol. The van der Waals surface area contributed by atoms with Gasteiger partial charge in [-0.1, -0.05) is 18.9 Å². The van der Waals surface area contributed by atoms with Crippen LogP contribution in [0.2, 0.25) is 0 Å². The van der Waals surface area contributed by atoms with Gasteiger partial charge in [-0.15, -0.1) is 11.8 Å². The Hall–Kier alpha value is -0.0300. The smallest absolute Gasteiger partial charge is 0.0587 e. The molecule has 1 fully saturated rings. The molecule has 0 amide bonds. The summed E-state index contributed by atoms with van der Waals surface area (Å²) in [5, 5.41) is 3.37. The molecule has 2 nitrogen and oxygen atoms in total. The topological polar surface area (TPSA) is 21.3 Å². The minimum atomic E-state index is 0.760. The van der Waals surface area contributed by atoms with Gasteiger partial charge in [-0.2, -0.15) is 0 Å². The minimum Gasteiger partial charge on any atom is -0.383 e. The first-order chi connectivity index (χ1) is 9.79. The summed E-state index contributed by atoms with van der Waals surface area (Å²) in [5.74, 6) is 2.20. The van der Waals surface area contributed by atoms with Crippen molar-refractivity contribution in [3.8, 4) is 0 Å². The molecule has 4 heteroatoms. The highest BCUT2D eigenvalue weighted by atomic mass is 79.9. The van der Waals surface area contributed by atoms with Gasteiger partial charge in [0.25, 0.3) is 0 Å². The van der Waals surface area contributed by atoms with Crippen LogP contribution in [0, 0.1) is 5.92 Å². The van der Waals surface area contributed by atoms with E-state index < -0.39 is 0 Å². The Kier molecular flexibility index (Phi) is 7.42. The number of thioether (sulfide) groups is 1. The predicted molar refractivity (Wildman–Crippen MR) is 90.4 cm³/mol. The van der Waals surface area contributed by atoms with E-state index in [2.05, 4.69) is 39.4 Å². The molecule has 1 saturated carbocycles. The van der Waals surface area contributed by atoms with E-state index in [9.17, 15) is 0 Å². The Morgan fingerprint density at radius 2 is 2.15 bits per heavy atom. The first-order valence-corrected chi connectivity index (χ1v) is 9.18. The molecule has 1 aromatic carbocycles. The lowest BCUT2D eigenvalue weighted by molar-refractivity contribution is 0.199. The lowest BCUT2D eigenvalue weighted by Gasteiger charge is -2.11. The largest absolute Gasteiger partial charge is 0.383 e. The SMILES string of the molecule is COCCNCc1ccc(SCC2CCCC2)c(Br)c1. The van der Waals surface area contributed by atoms with Crippen molar-refractivity contribution < 1.29 is 4.74 Å². The molecule has 1 aromatic rings. The number of methoxy groups -OCH3 is 1. The van der Waals surface area contributed by atoms with Gasteiger partial charge < -0.3 is 10.1 Å². The van der Waals surface area contributed by atoms with Crippen molar-refractivity contribution in [1.29, 1.82) is 0 Å². The summed E-state index contributed by atoms with van der Waals surface area (Å²) in [6.45, 7) is 2.55. The van der Waals surface area contributed by atoms with Crippen molar-refractivity contribution in [3.63, 3.8) is 0 Å². The molecule has 2 rings (SSSR count). The van der Waals surface area contributed by atoms with Gasteiger partial charge in [0.1, 0.15) is 0 Å². The fourth-order valence-corrected chi connectivity index (χ4v) is 4.44. The molecule has 20 heavy (non-hydrogen) atoms. The normalized spacial score (nSPS) is 15.9. The zero-order valence-electron chi connectivity index (χ0n) is 12.2. The van der Waals surface area contributed by atoms with Gasteiger partial charge in [0, 0.05) is 35.3 Å². The molecule has 0 saturated heterocycles. The van der Waals surface area contributed by atoms with Crippen molar-refractivity contribution in [1.82, 2.24) is 5.32 Å². The Morgan fingerprint density at radius 3 is 2.85 bits per heavy atom. The van der Waals surface area contributed by atoms with Crippen LogP contribution in [0.5, 0.6) is 0 Å². The van der Waals surface area contributed by atoms with E-state index >= 15 is 0 Å². The van der Waals surface area contributed by atoms with E-state index in [1.165, 1.54) is 46.4 Å². The molecule has 0 atom stereocenters. The van der Waals surface area contributed by atoms with Crippen LogP contribution in [-0.4, -0.2) is 26.0 Å². The molecule has 1 aliphatic rings. The van der Waals surface area contributed by atoms with Crippen LogP contribution in [0.1, 0.15) is 31.2 Å². The molecule has 1 N–H and O–H groups in total. The third-order valence-electron chi connectivity index (χ3n) is 3.76. The van der Waals surface area contributed by atoms with E-state index in [0.717, 1.165) is 25.6 Å². The number of hydrogen-bond donors (Lipinski definition) is 1.